The maximum Gasteiger partial charge on any atom is 0.338 e. The molecular formula is C75H110O19Si2. The molecule has 2 heterocycles. The first-order chi connectivity index (χ1) is 43.8. The van der Waals surface area contributed by atoms with E-state index in [-0.39, 0.29) is 71.5 Å². The highest BCUT2D eigenvalue weighted by molar-refractivity contribution is 6.74. The van der Waals surface area contributed by atoms with Crippen molar-refractivity contribution in [3.8, 4) is 0 Å². The Morgan fingerprint density at radius 2 is 0.885 bits per heavy atom. The second-order valence-electron chi connectivity index (χ2n) is 33.6. The van der Waals surface area contributed by atoms with Crippen molar-refractivity contribution in [2.24, 2.45) is 39.4 Å². The first-order valence-corrected chi connectivity index (χ1v) is 39.8. The summed E-state index contributed by atoms with van der Waals surface area (Å²) in [5.41, 5.74) is -8.90. The Kier molecular flexibility index (Phi) is 20.6. The van der Waals surface area contributed by atoms with E-state index >= 15 is 9.59 Å². The zero-order valence-electron chi connectivity index (χ0n) is 61.1. The molecule has 96 heavy (non-hydrogen) atoms. The summed E-state index contributed by atoms with van der Waals surface area (Å²) in [6.07, 6.45) is -9.89. The number of rotatable bonds is 10. The Bertz CT molecular complexity index is 3210. The fourth-order valence-corrected chi connectivity index (χ4v) is 20.0. The Hall–Kier alpha value is -5.05. The van der Waals surface area contributed by atoms with Crippen molar-refractivity contribution in [2.75, 3.05) is 13.2 Å². The van der Waals surface area contributed by atoms with E-state index in [0.717, 1.165) is 0 Å². The number of aliphatic hydroxyl groups is 5. The quantitative estimate of drug-likeness (QED) is 0.0640. The summed E-state index contributed by atoms with van der Waals surface area (Å²) in [6, 6.07) is 16.8. The molecular weight excluding hydrogens is 1260 g/mol. The molecule has 21 heteroatoms. The summed E-state index contributed by atoms with van der Waals surface area (Å²) >= 11 is 0. The smallest absolute Gasteiger partial charge is 0.338 e. The number of ether oxygens (including phenoxy) is 6. The van der Waals surface area contributed by atoms with Gasteiger partial charge in [-0.15, -0.1) is 6.58 Å². The number of fused-ring (bicyclic) bond motifs is 10. The molecule has 6 fully saturated rings. The molecule has 10 rings (SSSR count). The van der Waals surface area contributed by atoms with E-state index in [0.29, 0.717) is 16.7 Å². The predicted molar refractivity (Wildman–Crippen MR) is 366 cm³/mol. The molecule has 0 spiro atoms. The van der Waals surface area contributed by atoms with Gasteiger partial charge < -0.3 is 62.8 Å². The molecule has 0 aromatic heterocycles. The van der Waals surface area contributed by atoms with E-state index in [1.807, 2.05) is 41.5 Å². The largest absolute Gasteiger partial charge is 0.455 e. The lowest BCUT2D eigenvalue weighted by Crippen LogP contribution is -2.82. The number of benzene rings is 2. The van der Waals surface area contributed by atoms with Crippen LogP contribution >= 0.6 is 0 Å². The number of esters is 4. The zero-order valence-corrected chi connectivity index (χ0v) is 63.1. The van der Waals surface area contributed by atoms with Gasteiger partial charge in [0.1, 0.15) is 47.5 Å². The highest BCUT2D eigenvalue weighted by Gasteiger charge is 2.80. The van der Waals surface area contributed by atoms with Gasteiger partial charge in [0.15, 0.2) is 33.6 Å². The Labute approximate surface area is 570 Å². The van der Waals surface area contributed by atoms with Crippen molar-refractivity contribution in [1.82, 2.24) is 0 Å². The van der Waals surface area contributed by atoms with Gasteiger partial charge in [0.2, 0.25) is 0 Å². The Morgan fingerprint density at radius 3 is 1.20 bits per heavy atom. The fraction of sp³-hybridized carbons (Fsp3) is 0.680. The minimum Gasteiger partial charge on any atom is -0.455 e. The van der Waals surface area contributed by atoms with Gasteiger partial charge in [-0.25, -0.2) is 9.59 Å². The Balaban J connectivity index is 0.000000233. The van der Waals surface area contributed by atoms with Crippen LogP contribution in [0.1, 0.15) is 178 Å². The summed E-state index contributed by atoms with van der Waals surface area (Å²) in [7, 11) is -5.13. The fourth-order valence-electron chi connectivity index (χ4n) is 17.2. The number of Topliss-reactive ketones (excluding diaryl/α,β-unsaturated/α-hetero) is 2. The van der Waals surface area contributed by atoms with Crippen LogP contribution in [0.25, 0.3) is 0 Å². The number of aliphatic hydroxyl groups excluding tert-OH is 3. The molecule has 18 atom stereocenters. The van der Waals surface area contributed by atoms with Gasteiger partial charge >= 0.3 is 23.9 Å². The lowest BCUT2D eigenvalue weighted by atomic mass is 9.43. The third kappa shape index (κ3) is 12.3. The average molecular weight is 1370 g/mol. The maximum atomic E-state index is 15.4. The van der Waals surface area contributed by atoms with Crippen LogP contribution in [0.15, 0.2) is 95.1 Å². The molecule has 2 saturated heterocycles. The molecule has 2 aromatic rings. The topological polar surface area (TPSA) is 277 Å². The van der Waals surface area contributed by atoms with Crippen LogP contribution in [-0.2, 0) is 56.5 Å². The molecule has 6 aliphatic carbocycles. The van der Waals surface area contributed by atoms with E-state index in [2.05, 4.69) is 74.3 Å². The van der Waals surface area contributed by atoms with Crippen LogP contribution in [-0.4, -0.2) is 168 Å². The van der Waals surface area contributed by atoms with Crippen LogP contribution in [0.3, 0.4) is 0 Å². The summed E-state index contributed by atoms with van der Waals surface area (Å²) in [5, 5.41) is 60.7. The predicted octanol–water partition coefficient (Wildman–Crippen LogP) is 11.1. The molecule has 2 aliphatic heterocycles. The van der Waals surface area contributed by atoms with E-state index in [1.165, 1.54) is 19.4 Å². The van der Waals surface area contributed by atoms with Gasteiger partial charge in [-0.2, -0.15) is 0 Å². The van der Waals surface area contributed by atoms with E-state index < -0.39 is 163 Å². The van der Waals surface area contributed by atoms with Crippen molar-refractivity contribution in [1.29, 1.82) is 0 Å². The van der Waals surface area contributed by atoms with Crippen LogP contribution < -0.4 is 0 Å². The van der Waals surface area contributed by atoms with Crippen LogP contribution in [0.5, 0.6) is 0 Å². The molecule has 4 bridgehead atoms. The molecule has 0 radical (unpaired) electrons. The maximum absolute atomic E-state index is 15.4. The second-order valence-corrected chi connectivity index (χ2v) is 43.1. The number of allylic oxidation sites excluding steroid dienone is 1. The molecule has 8 aliphatic rings. The van der Waals surface area contributed by atoms with E-state index in [9.17, 15) is 44.7 Å². The number of ketones is 2. The SMILES string of the molecule is C=C(C)C.CC(=O)O[C@@]12CO[C@@H]1C[C@H](O[Si](C)(C)C(C)(C)C)[C@@]1(C)C(=O)[C@H](C)C3=C(C)[C@@H](O)C[C@@](O)([C@@H](OC(=O)c4ccccc4)C12)C3(C)C.CC(=O)O[C@@]12CO[C@@H]1C[C@H](O[Si](C)(C)C(C)(C)C)[C@@]1(C)C(=O)[C@H](O)C3=C(C)[C@@H](O)C[C@@](O)([C@@H](OC(=O)c4ccccc4)C12)C3(C)C. The number of hydrogen-bond acceptors (Lipinski definition) is 19. The van der Waals surface area contributed by atoms with Gasteiger partial charge in [0.05, 0.1) is 71.4 Å². The zero-order chi connectivity index (χ0) is 72.4. The number of carbonyl (C=O) groups excluding carboxylic acids is 6. The monoisotopic (exact) mass is 1370 g/mol. The van der Waals surface area contributed by atoms with Crippen LogP contribution in [0, 0.1) is 39.4 Å². The third-order valence-electron chi connectivity index (χ3n) is 24.6. The molecule has 19 nitrogen and oxygen atoms in total. The molecule has 532 valence electrons. The second kappa shape index (κ2) is 25.8. The van der Waals surface area contributed by atoms with E-state index in [1.54, 1.807) is 95.3 Å². The number of carbonyl (C=O) groups is 6. The summed E-state index contributed by atoms with van der Waals surface area (Å²) in [4.78, 5) is 84.2. The minimum atomic E-state index is -2.61. The summed E-state index contributed by atoms with van der Waals surface area (Å²) < 4.78 is 51.6. The van der Waals surface area contributed by atoms with Gasteiger partial charge in [0.25, 0.3) is 0 Å². The third-order valence-corrected chi connectivity index (χ3v) is 33.6. The molecule has 5 N–H and O–H groups in total. The first kappa shape index (κ1) is 76.7. The normalized spacial score (nSPS) is 37.5. The minimum absolute atomic E-state index is 0.0356. The van der Waals surface area contributed by atoms with Crippen molar-refractivity contribution in [3.05, 3.63) is 106 Å². The average Bonchev–Trinajstić information content (AvgIpc) is 0.674. The lowest BCUT2D eigenvalue weighted by molar-refractivity contribution is -0.344. The first-order valence-electron chi connectivity index (χ1n) is 34.0. The highest BCUT2D eigenvalue weighted by atomic mass is 28.4. The van der Waals surface area contributed by atoms with Crippen LogP contribution in [0.4, 0.5) is 0 Å². The summed E-state index contributed by atoms with van der Waals surface area (Å²) in [6.45, 7) is 46.7. The molecule has 0 amide bonds. The van der Waals surface area contributed by atoms with Gasteiger partial charge in [-0.1, -0.05) is 118 Å². The Morgan fingerprint density at radius 1 is 0.562 bits per heavy atom. The van der Waals surface area contributed by atoms with Crippen molar-refractivity contribution in [3.63, 3.8) is 0 Å². The standard InChI is InChI=1S/C36H52O9Si.C35H50O10Si.C4H8/c1-20-24(38)18-36(41)30(43-31(40)23-15-13-12-14-16-23)28-34(9,29(39)21(2)27(20)33(36,7)8)25(45-46(10,11)32(4,5)6)17-26-35(28,19-42-26)44-22(3)37;1-19-22(37)17-35(41)29(43-30(40)21-14-12-11-13-15-21)27-33(8,28(39)26(38)25(19)32(35,6)7)23(45-46(9,10)31(3,4)5)16-24-34(27,18-42-24)44-20(2)36;1-4(2)3/h12-16,21,24-26,28,30,38,41H,17-19H2,1-11H3;11-15,22-24,26-27,29,37-38,41H,16-18H2,1-10H3;1H2,2-3H3/t21-,24+,25+,26-,28?,30+,34-,35+,36-;22-,23-,24+,26+,27?,29-,33+,34-,35+;/m10./s1. The molecule has 2 aromatic carbocycles. The van der Waals surface area contributed by atoms with Crippen molar-refractivity contribution >= 4 is 52.1 Å². The van der Waals surface area contributed by atoms with Gasteiger partial charge in [0, 0.05) is 56.3 Å². The molecule has 4 saturated carbocycles. The highest BCUT2D eigenvalue weighted by Crippen LogP contribution is 2.68. The van der Waals surface area contributed by atoms with E-state index in [4.69, 9.17) is 37.3 Å². The number of hydrogen-bond donors (Lipinski definition) is 5. The summed E-state index contributed by atoms with van der Waals surface area (Å²) in [5.74, 6) is -6.45. The van der Waals surface area contributed by atoms with Gasteiger partial charge in [-0.05, 0) is 124 Å². The van der Waals surface area contributed by atoms with Crippen molar-refractivity contribution < 1.29 is 91.6 Å². The molecule has 2 unspecified atom stereocenters. The van der Waals surface area contributed by atoms with Crippen molar-refractivity contribution in [2.45, 2.75) is 271 Å². The van der Waals surface area contributed by atoms with Gasteiger partial charge in [-0.3, -0.25) is 19.2 Å². The lowest BCUT2D eigenvalue weighted by Gasteiger charge is -2.68. The van der Waals surface area contributed by atoms with Crippen LogP contribution in [0.2, 0.25) is 36.3 Å².